The Morgan fingerprint density at radius 2 is 2.12 bits per heavy atom. The number of aliphatic carboxylic acids is 1. The van der Waals surface area contributed by atoms with E-state index in [-0.39, 0.29) is 18.6 Å². The molecule has 1 aromatic rings. The van der Waals surface area contributed by atoms with Gasteiger partial charge in [-0.15, -0.1) is 0 Å². The molecule has 0 aliphatic heterocycles. The smallest absolute Gasteiger partial charge is 0.308 e. The quantitative estimate of drug-likeness (QED) is 0.801. The van der Waals surface area contributed by atoms with Gasteiger partial charge in [0.25, 0.3) is 5.91 Å². The molecule has 2 N–H and O–H groups in total. The number of carboxylic acid groups (broad SMARTS) is 1. The second kappa shape index (κ2) is 8.38. The van der Waals surface area contributed by atoms with E-state index in [1.165, 1.54) is 7.11 Å². The van der Waals surface area contributed by atoms with Crippen LogP contribution in [0, 0.1) is 5.92 Å². The van der Waals surface area contributed by atoms with Crippen molar-refractivity contribution in [3.8, 4) is 11.5 Å². The van der Waals surface area contributed by atoms with Crippen molar-refractivity contribution in [2.45, 2.75) is 32.2 Å². The van der Waals surface area contributed by atoms with E-state index in [9.17, 15) is 9.59 Å². The maximum Gasteiger partial charge on any atom is 0.308 e. The standard InChI is InChI=1S/C18H23NO5/c1-3-5-12-8-9-15(16(10-12)23-2)24-11-17(20)19-14-7-4-6-13(14)18(21)22/h3,5,8-10,13-14H,4,6-7,11H2,1-2H3,(H,19,20)(H,21,22)/b5-3+/t13-,14+/m0/s1. The lowest BCUT2D eigenvalue weighted by molar-refractivity contribution is -0.142. The zero-order valence-electron chi connectivity index (χ0n) is 14.0. The van der Waals surface area contributed by atoms with E-state index >= 15 is 0 Å². The van der Waals surface area contributed by atoms with E-state index in [1.54, 1.807) is 6.07 Å². The molecule has 1 fully saturated rings. The number of ether oxygens (including phenoxy) is 2. The molecular formula is C18H23NO5. The van der Waals surface area contributed by atoms with Crippen LogP contribution in [0.4, 0.5) is 0 Å². The first-order chi connectivity index (χ1) is 11.5. The molecule has 2 rings (SSSR count). The van der Waals surface area contributed by atoms with Crippen molar-refractivity contribution in [3.05, 3.63) is 29.8 Å². The van der Waals surface area contributed by atoms with Gasteiger partial charge in [-0.2, -0.15) is 0 Å². The minimum absolute atomic E-state index is 0.178. The van der Waals surface area contributed by atoms with Gasteiger partial charge in [0.2, 0.25) is 0 Å². The molecule has 1 aliphatic rings. The second-order valence-corrected chi connectivity index (χ2v) is 5.75. The Morgan fingerprint density at radius 1 is 1.33 bits per heavy atom. The van der Waals surface area contributed by atoms with Crippen LogP contribution in [0.25, 0.3) is 6.08 Å². The summed E-state index contributed by atoms with van der Waals surface area (Å²) in [6.07, 6.45) is 5.95. The largest absolute Gasteiger partial charge is 0.493 e. The molecule has 6 heteroatoms. The fraction of sp³-hybridized carbons (Fsp3) is 0.444. The fourth-order valence-electron chi connectivity index (χ4n) is 2.92. The van der Waals surface area contributed by atoms with Crippen LogP contribution in [0.2, 0.25) is 0 Å². The Labute approximate surface area is 141 Å². The minimum atomic E-state index is -0.861. The Kier molecular flexibility index (Phi) is 6.23. The first-order valence-electron chi connectivity index (χ1n) is 8.01. The van der Waals surface area contributed by atoms with Crippen LogP contribution in [0.1, 0.15) is 31.7 Å². The molecule has 0 heterocycles. The highest BCUT2D eigenvalue weighted by Crippen LogP contribution is 2.29. The van der Waals surface area contributed by atoms with Crippen LogP contribution < -0.4 is 14.8 Å². The summed E-state index contributed by atoms with van der Waals surface area (Å²) in [5.74, 6) is -0.680. The van der Waals surface area contributed by atoms with E-state index in [2.05, 4.69) is 5.32 Å². The van der Waals surface area contributed by atoms with Gasteiger partial charge in [-0.25, -0.2) is 0 Å². The SMILES string of the molecule is C/C=C/c1ccc(OCC(=O)N[C@@H]2CCC[C@@H]2C(=O)O)c(OC)c1. The maximum atomic E-state index is 12.0. The summed E-state index contributed by atoms with van der Waals surface area (Å²) in [5.41, 5.74) is 0.974. The van der Waals surface area contributed by atoms with Crippen molar-refractivity contribution in [2.24, 2.45) is 5.92 Å². The molecular weight excluding hydrogens is 310 g/mol. The number of amides is 1. The lowest BCUT2D eigenvalue weighted by Crippen LogP contribution is -2.42. The second-order valence-electron chi connectivity index (χ2n) is 5.75. The molecule has 0 saturated heterocycles. The highest BCUT2D eigenvalue weighted by molar-refractivity contribution is 5.79. The molecule has 0 radical (unpaired) electrons. The van der Waals surface area contributed by atoms with Crippen LogP contribution in [0.3, 0.4) is 0 Å². The lowest BCUT2D eigenvalue weighted by Gasteiger charge is -2.18. The van der Waals surface area contributed by atoms with E-state index in [1.807, 2.05) is 31.2 Å². The number of methoxy groups -OCH3 is 1. The fourth-order valence-corrected chi connectivity index (χ4v) is 2.92. The summed E-state index contributed by atoms with van der Waals surface area (Å²) in [4.78, 5) is 23.2. The molecule has 2 atom stereocenters. The Balaban J connectivity index is 1.93. The van der Waals surface area contributed by atoms with Crippen molar-refractivity contribution in [1.82, 2.24) is 5.32 Å². The van der Waals surface area contributed by atoms with Crippen molar-refractivity contribution in [1.29, 1.82) is 0 Å². The van der Waals surface area contributed by atoms with E-state index in [0.29, 0.717) is 24.3 Å². The third kappa shape index (κ3) is 4.50. The molecule has 1 aliphatic carbocycles. The summed E-state index contributed by atoms with van der Waals surface area (Å²) < 4.78 is 10.8. The molecule has 0 aromatic heterocycles. The van der Waals surface area contributed by atoms with Crippen molar-refractivity contribution < 1.29 is 24.2 Å². The summed E-state index contributed by atoms with van der Waals surface area (Å²) in [5, 5.41) is 11.9. The predicted molar refractivity (Wildman–Crippen MR) is 90.1 cm³/mol. The molecule has 1 saturated carbocycles. The zero-order chi connectivity index (χ0) is 17.5. The highest BCUT2D eigenvalue weighted by Gasteiger charge is 2.33. The molecule has 24 heavy (non-hydrogen) atoms. The van der Waals surface area contributed by atoms with Gasteiger partial charge in [-0.05, 0) is 37.5 Å². The number of hydrogen-bond acceptors (Lipinski definition) is 4. The third-order valence-corrected chi connectivity index (χ3v) is 4.09. The monoisotopic (exact) mass is 333 g/mol. The number of carbonyl (C=O) groups is 2. The number of allylic oxidation sites excluding steroid dienone is 1. The van der Waals surface area contributed by atoms with Gasteiger partial charge in [-0.3, -0.25) is 9.59 Å². The van der Waals surface area contributed by atoms with Crippen LogP contribution in [0.15, 0.2) is 24.3 Å². The van der Waals surface area contributed by atoms with Crippen molar-refractivity contribution in [2.75, 3.05) is 13.7 Å². The van der Waals surface area contributed by atoms with Crippen LogP contribution in [-0.4, -0.2) is 36.7 Å². The number of nitrogens with one attached hydrogen (secondary N) is 1. The molecule has 1 amide bonds. The molecule has 1 aromatic carbocycles. The van der Waals surface area contributed by atoms with E-state index in [0.717, 1.165) is 12.0 Å². The number of carbonyl (C=O) groups excluding carboxylic acids is 1. The normalized spacial score (nSPS) is 20.1. The molecule has 6 nitrogen and oxygen atoms in total. The molecule has 0 unspecified atom stereocenters. The Bertz CT molecular complexity index is 626. The molecule has 0 spiro atoms. The summed E-state index contributed by atoms with van der Waals surface area (Å²) in [7, 11) is 1.54. The summed E-state index contributed by atoms with van der Waals surface area (Å²) in [6.45, 7) is 1.75. The lowest BCUT2D eigenvalue weighted by atomic mass is 10.0. The van der Waals surface area contributed by atoms with Gasteiger partial charge in [0.05, 0.1) is 13.0 Å². The van der Waals surface area contributed by atoms with E-state index in [4.69, 9.17) is 14.6 Å². The minimum Gasteiger partial charge on any atom is -0.493 e. The Morgan fingerprint density at radius 3 is 2.79 bits per heavy atom. The van der Waals surface area contributed by atoms with Gasteiger partial charge < -0.3 is 19.9 Å². The van der Waals surface area contributed by atoms with Crippen LogP contribution >= 0.6 is 0 Å². The Hall–Kier alpha value is -2.50. The van der Waals surface area contributed by atoms with Gasteiger partial charge >= 0.3 is 5.97 Å². The zero-order valence-corrected chi connectivity index (χ0v) is 14.0. The average Bonchev–Trinajstić information content (AvgIpc) is 3.02. The maximum absolute atomic E-state index is 12.0. The van der Waals surface area contributed by atoms with E-state index < -0.39 is 11.9 Å². The number of hydrogen-bond donors (Lipinski definition) is 2. The van der Waals surface area contributed by atoms with Crippen molar-refractivity contribution >= 4 is 18.0 Å². The number of rotatable bonds is 7. The average molecular weight is 333 g/mol. The topological polar surface area (TPSA) is 84.9 Å². The van der Waals surface area contributed by atoms with Crippen molar-refractivity contribution in [3.63, 3.8) is 0 Å². The third-order valence-electron chi connectivity index (χ3n) is 4.09. The van der Waals surface area contributed by atoms with Crippen LogP contribution in [0.5, 0.6) is 11.5 Å². The molecule has 0 bridgehead atoms. The van der Waals surface area contributed by atoms with Gasteiger partial charge in [0.1, 0.15) is 0 Å². The number of benzene rings is 1. The predicted octanol–water partition coefficient (Wildman–Crippen LogP) is 2.48. The highest BCUT2D eigenvalue weighted by atomic mass is 16.5. The van der Waals surface area contributed by atoms with Gasteiger partial charge in [0, 0.05) is 6.04 Å². The van der Waals surface area contributed by atoms with Gasteiger partial charge in [-0.1, -0.05) is 24.6 Å². The first kappa shape index (κ1) is 17.8. The summed E-state index contributed by atoms with van der Waals surface area (Å²) in [6, 6.07) is 5.12. The first-order valence-corrected chi connectivity index (χ1v) is 8.01. The number of carboxylic acids is 1. The van der Waals surface area contributed by atoms with Gasteiger partial charge in [0.15, 0.2) is 18.1 Å². The summed E-state index contributed by atoms with van der Waals surface area (Å²) >= 11 is 0. The molecule has 130 valence electrons. The van der Waals surface area contributed by atoms with Crippen LogP contribution in [-0.2, 0) is 9.59 Å².